The summed E-state index contributed by atoms with van der Waals surface area (Å²) in [5.41, 5.74) is 6.38. The molecule has 0 aliphatic rings. The smallest absolute Gasteiger partial charge is 0.0252 e. The molecule has 0 aromatic carbocycles. The molecule has 0 aliphatic heterocycles. The monoisotopic (exact) mass is 263 g/mol. The first-order valence-corrected chi connectivity index (χ1v) is 7.15. The summed E-state index contributed by atoms with van der Waals surface area (Å²) < 4.78 is 0. The molecule has 0 spiro atoms. The number of unbranched alkanes of at least 4 members (excludes halogenated alkanes) is 4. The Morgan fingerprint density at radius 2 is 1.50 bits per heavy atom. The van der Waals surface area contributed by atoms with E-state index in [-0.39, 0.29) is 5.54 Å². The summed E-state index contributed by atoms with van der Waals surface area (Å²) in [5.74, 6) is 0. The Morgan fingerprint density at radius 3 is 2.00 bits per heavy atom. The van der Waals surface area contributed by atoms with E-state index >= 15 is 0 Å². The molecule has 2 N–H and O–H groups in total. The maximum absolute atomic E-state index is 6.32. The van der Waals surface area contributed by atoms with E-state index in [0.717, 1.165) is 5.33 Å². The molecular weight excluding hydrogens is 238 g/mol. The number of alkyl halides is 1. The van der Waals surface area contributed by atoms with E-state index in [2.05, 4.69) is 29.8 Å². The van der Waals surface area contributed by atoms with Crippen molar-refractivity contribution < 1.29 is 0 Å². The van der Waals surface area contributed by atoms with E-state index in [0.29, 0.717) is 0 Å². The fourth-order valence-corrected chi connectivity index (χ4v) is 2.25. The first kappa shape index (κ1) is 14.4. The summed E-state index contributed by atoms with van der Waals surface area (Å²) in [5, 5.41) is 0.951. The molecule has 0 saturated carbocycles. The third-order valence-electron chi connectivity index (χ3n) is 2.82. The molecule has 0 heterocycles. The molecule has 0 fully saturated rings. The molecule has 0 radical (unpaired) electrons. The maximum Gasteiger partial charge on any atom is 0.0252 e. The van der Waals surface area contributed by atoms with Gasteiger partial charge in [0.2, 0.25) is 0 Å². The van der Waals surface area contributed by atoms with Crippen LogP contribution >= 0.6 is 15.9 Å². The summed E-state index contributed by atoms with van der Waals surface area (Å²) >= 11 is 3.55. The van der Waals surface area contributed by atoms with Gasteiger partial charge < -0.3 is 5.73 Å². The van der Waals surface area contributed by atoms with Gasteiger partial charge in [-0.3, -0.25) is 0 Å². The number of hydrogen-bond donors (Lipinski definition) is 1. The summed E-state index contributed by atoms with van der Waals surface area (Å²) in [6, 6.07) is 0. The van der Waals surface area contributed by atoms with Crippen LogP contribution in [-0.4, -0.2) is 10.9 Å². The van der Waals surface area contributed by atoms with E-state index in [9.17, 15) is 0 Å². The second-order valence-corrected chi connectivity index (χ2v) is 4.97. The van der Waals surface area contributed by atoms with Crippen molar-refractivity contribution in [3.8, 4) is 0 Å². The van der Waals surface area contributed by atoms with Crippen LogP contribution in [0.3, 0.4) is 0 Å². The summed E-state index contributed by atoms with van der Waals surface area (Å²) in [7, 11) is 0. The highest BCUT2D eigenvalue weighted by atomic mass is 79.9. The van der Waals surface area contributed by atoms with Crippen LogP contribution in [0.4, 0.5) is 0 Å². The highest BCUT2D eigenvalue weighted by molar-refractivity contribution is 9.09. The average Bonchev–Trinajstić information content (AvgIpc) is 2.22. The van der Waals surface area contributed by atoms with Crippen molar-refractivity contribution in [1.29, 1.82) is 0 Å². The SMILES string of the molecule is CCCCCCC(N)(CBr)CCCC. The van der Waals surface area contributed by atoms with Gasteiger partial charge in [0, 0.05) is 10.9 Å². The highest BCUT2D eigenvalue weighted by Crippen LogP contribution is 2.21. The van der Waals surface area contributed by atoms with E-state index in [1.54, 1.807) is 0 Å². The van der Waals surface area contributed by atoms with Gasteiger partial charge in [0.1, 0.15) is 0 Å². The van der Waals surface area contributed by atoms with Crippen molar-refractivity contribution >= 4 is 15.9 Å². The van der Waals surface area contributed by atoms with Crippen LogP contribution in [0, 0.1) is 0 Å². The third kappa shape index (κ3) is 6.83. The second-order valence-electron chi connectivity index (χ2n) is 4.41. The van der Waals surface area contributed by atoms with Gasteiger partial charge >= 0.3 is 0 Å². The highest BCUT2D eigenvalue weighted by Gasteiger charge is 2.21. The average molecular weight is 264 g/mol. The molecule has 1 unspecified atom stereocenters. The predicted molar refractivity (Wildman–Crippen MR) is 69.0 cm³/mol. The summed E-state index contributed by atoms with van der Waals surface area (Å²) in [6.07, 6.45) is 10.1. The van der Waals surface area contributed by atoms with E-state index in [1.807, 2.05) is 0 Å². The van der Waals surface area contributed by atoms with Crippen molar-refractivity contribution in [3.63, 3.8) is 0 Å². The number of nitrogens with two attached hydrogens (primary N) is 1. The van der Waals surface area contributed by atoms with Crippen molar-refractivity contribution in [2.75, 3.05) is 5.33 Å². The lowest BCUT2D eigenvalue weighted by molar-refractivity contribution is 0.379. The van der Waals surface area contributed by atoms with Crippen LogP contribution in [-0.2, 0) is 0 Å². The number of rotatable bonds is 9. The second kappa shape index (κ2) is 8.72. The molecule has 0 amide bonds. The molecular formula is C12H26BrN. The first-order chi connectivity index (χ1) is 6.68. The molecule has 1 atom stereocenters. The summed E-state index contributed by atoms with van der Waals surface area (Å²) in [6.45, 7) is 4.48. The zero-order chi connectivity index (χ0) is 10.9. The van der Waals surface area contributed by atoms with Crippen LogP contribution in [0.15, 0.2) is 0 Å². The lowest BCUT2D eigenvalue weighted by Gasteiger charge is -2.27. The van der Waals surface area contributed by atoms with Gasteiger partial charge in [-0.1, -0.05) is 68.3 Å². The van der Waals surface area contributed by atoms with Crippen LogP contribution < -0.4 is 5.73 Å². The van der Waals surface area contributed by atoms with Gasteiger partial charge in [-0.25, -0.2) is 0 Å². The van der Waals surface area contributed by atoms with E-state index < -0.39 is 0 Å². The standard InChI is InChI=1S/C12H26BrN/c1-3-5-7-8-10-12(14,11-13)9-6-4-2/h3-11,14H2,1-2H3. The zero-order valence-corrected chi connectivity index (χ0v) is 11.4. The van der Waals surface area contributed by atoms with Gasteiger partial charge in [0.05, 0.1) is 0 Å². The van der Waals surface area contributed by atoms with Crippen LogP contribution in [0.2, 0.25) is 0 Å². The molecule has 2 heteroatoms. The van der Waals surface area contributed by atoms with Crippen molar-refractivity contribution in [3.05, 3.63) is 0 Å². The lowest BCUT2D eigenvalue weighted by Crippen LogP contribution is -2.41. The predicted octanol–water partition coefficient (Wildman–Crippen LogP) is 4.24. The largest absolute Gasteiger partial charge is 0.324 e. The number of hydrogen-bond acceptors (Lipinski definition) is 1. The lowest BCUT2D eigenvalue weighted by atomic mass is 9.90. The Hall–Kier alpha value is 0.440. The minimum Gasteiger partial charge on any atom is -0.324 e. The maximum atomic E-state index is 6.32. The molecule has 1 nitrogen and oxygen atoms in total. The Kier molecular flexibility index (Phi) is 9.00. The Bertz CT molecular complexity index is 127. The quantitative estimate of drug-likeness (QED) is 0.489. The van der Waals surface area contributed by atoms with Gasteiger partial charge in [-0.2, -0.15) is 0 Å². The molecule has 14 heavy (non-hydrogen) atoms. The Balaban J connectivity index is 3.63. The fourth-order valence-electron chi connectivity index (χ4n) is 1.69. The Labute approximate surface area is 98.0 Å². The van der Waals surface area contributed by atoms with Crippen molar-refractivity contribution in [2.45, 2.75) is 70.8 Å². The topological polar surface area (TPSA) is 26.0 Å². The van der Waals surface area contributed by atoms with E-state index in [4.69, 9.17) is 5.73 Å². The fraction of sp³-hybridized carbons (Fsp3) is 1.00. The molecule has 86 valence electrons. The van der Waals surface area contributed by atoms with Gasteiger partial charge in [0.15, 0.2) is 0 Å². The molecule has 0 aliphatic carbocycles. The van der Waals surface area contributed by atoms with Crippen molar-refractivity contribution in [2.24, 2.45) is 5.73 Å². The molecule has 0 aromatic heterocycles. The van der Waals surface area contributed by atoms with Crippen LogP contribution in [0.5, 0.6) is 0 Å². The molecule has 0 rings (SSSR count). The Morgan fingerprint density at radius 1 is 0.929 bits per heavy atom. The number of halogens is 1. The van der Waals surface area contributed by atoms with Crippen LogP contribution in [0.25, 0.3) is 0 Å². The normalized spacial score (nSPS) is 15.4. The van der Waals surface area contributed by atoms with Gasteiger partial charge in [-0.05, 0) is 12.8 Å². The van der Waals surface area contributed by atoms with Crippen LogP contribution in [0.1, 0.15) is 65.2 Å². The van der Waals surface area contributed by atoms with Gasteiger partial charge in [0.25, 0.3) is 0 Å². The third-order valence-corrected chi connectivity index (χ3v) is 3.94. The molecule has 0 saturated heterocycles. The zero-order valence-electron chi connectivity index (χ0n) is 9.82. The van der Waals surface area contributed by atoms with Crippen molar-refractivity contribution in [1.82, 2.24) is 0 Å². The molecule has 0 bridgehead atoms. The van der Waals surface area contributed by atoms with E-state index in [1.165, 1.54) is 51.4 Å². The minimum absolute atomic E-state index is 0.0593. The first-order valence-electron chi connectivity index (χ1n) is 6.03. The molecule has 0 aromatic rings. The minimum atomic E-state index is 0.0593. The van der Waals surface area contributed by atoms with Gasteiger partial charge in [-0.15, -0.1) is 0 Å². The summed E-state index contributed by atoms with van der Waals surface area (Å²) in [4.78, 5) is 0.